The Bertz CT molecular complexity index is 530. The molecular formula is C20H31N3O. The molecule has 4 nitrogen and oxygen atoms in total. The predicted molar refractivity (Wildman–Crippen MR) is 100 cm³/mol. The molecule has 1 aromatic heterocycles. The summed E-state index contributed by atoms with van der Waals surface area (Å²) in [6.07, 6.45) is 12.3. The first-order valence-corrected chi connectivity index (χ1v) is 9.41. The number of anilines is 1. The van der Waals surface area contributed by atoms with E-state index in [2.05, 4.69) is 30.2 Å². The number of nitrogens with zero attached hydrogens (tertiary/aromatic N) is 2. The predicted octanol–water partition coefficient (Wildman–Crippen LogP) is 4.65. The highest BCUT2D eigenvalue weighted by Crippen LogP contribution is 2.20. The van der Waals surface area contributed by atoms with Crippen molar-refractivity contribution in [3.8, 4) is 0 Å². The monoisotopic (exact) mass is 329 g/mol. The van der Waals surface area contributed by atoms with Gasteiger partial charge in [-0.2, -0.15) is 0 Å². The summed E-state index contributed by atoms with van der Waals surface area (Å²) in [4.78, 5) is 18.8. The van der Waals surface area contributed by atoms with E-state index in [1.807, 2.05) is 17.0 Å². The topological polar surface area (TPSA) is 45.2 Å². The normalized spacial score (nSPS) is 14.2. The fourth-order valence-corrected chi connectivity index (χ4v) is 3.15. The highest BCUT2D eigenvalue weighted by Gasteiger charge is 2.14. The van der Waals surface area contributed by atoms with Gasteiger partial charge in [0.15, 0.2) is 0 Å². The summed E-state index contributed by atoms with van der Waals surface area (Å²) in [5, 5.41) is 3.36. The Morgan fingerprint density at radius 2 is 2.00 bits per heavy atom. The highest BCUT2D eigenvalue weighted by atomic mass is 16.2. The van der Waals surface area contributed by atoms with E-state index < -0.39 is 0 Å². The van der Waals surface area contributed by atoms with Crippen LogP contribution < -0.4 is 5.32 Å². The third kappa shape index (κ3) is 5.66. The summed E-state index contributed by atoms with van der Waals surface area (Å²) in [5.41, 5.74) is 2.24. The molecule has 1 aliphatic carbocycles. The lowest BCUT2D eigenvalue weighted by Gasteiger charge is -2.21. The molecule has 0 radical (unpaired) electrons. The quantitative estimate of drug-likeness (QED) is 0.671. The zero-order valence-electron chi connectivity index (χ0n) is 15.2. The fraction of sp³-hybridized carbons (Fsp3) is 0.600. The second kappa shape index (κ2) is 10.1. The van der Waals surface area contributed by atoms with E-state index in [4.69, 9.17) is 0 Å². The third-order valence-corrected chi connectivity index (χ3v) is 4.42. The second-order valence-electron chi connectivity index (χ2n) is 6.51. The highest BCUT2D eigenvalue weighted by molar-refractivity contribution is 5.94. The minimum Gasteiger partial charge on any atom is -0.370 e. The van der Waals surface area contributed by atoms with Crippen LogP contribution in [0.15, 0.2) is 30.0 Å². The van der Waals surface area contributed by atoms with E-state index in [-0.39, 0.29) is 5.91 Å². The van der Waals surface area contributed by atoms with Gasteiger partial charge in [-0.1, -0.05) is 25.5 Å². The molecule has 0 atom stereocenters. The second-order valence-corrected chi connectivity index (χ2v) is 6.51. The first-order chi connectivity index (χ1) is 11.7. The molecule has 1 aromatic rings. The minimum atomic E-state index is 0.0881. The van der Waals surface area contributed by atoms with Crippen LogP contribution in [-0.4, -0.2) is 35.4 Å². The van der Waals surface area contributed by atoms with E-state index in [1.54, 1.807) is 11.8 Å². The number of aromatic nitrogens is 1. The lowest BCUT2D eigenvalue weighted by atomic mass is 9.97. The number of hydrogen-bond donors (Lipinski definition) is 1. The van der Waals surface area contributed by atoms with Crippen molar-refractivity contribution in [2.75, 3.05) is 25.0 Å². The number of pyridine rings is 1. The zero-order chi connectivity index (χ0) is 17.2. The number of hydrogen-bond acceptors (Lipinski definition) is 3. The molecule has 0 aliphatic heterocycles. The fourth-order valence-electron chi connectivity index (χ4n) is 3.15. The largest absolute Gasteiger partial charge is 0.370 e. The van der Waals surface area contributed by atoms with Crippen LogP contribution in [0.2, 0.25) is 0 Å². The van der Waals surface area contributed by atoms with Crippen molar-refractivity contribution >= 4 is 11.7 Å². The number of allylic oxidation sites excluding steroid dienone is 1. The summed E-state index contributed by atoms with van der Waals surface area (Å²) in [6, 6.07) is 3.80. The van der Waals surface area contributed by atoms with Gasteiger partial charge in [0.25, 0.3) is 5.91 Å². The van der Waals surface area contributed by atoms with Gasteiger partial charge in [-0.05, 0) is 57.1 Å². The van der Waals surface area contributed by atoms with Crippen LogP contribution in [0.25, 0.3) is 0 Å². The molecule has 132 valence electrons. The molecule has 1 aliphatic rings. The summed E-state index contributed by atoms with van der Waals surface area (Å²) in [7, 11) is 0. The van der Waals surface area contributed by atoms with Crippen molar-refractivity contribution in [3.63, 3.8) is 0 Å². The van der Waals surface area contributed by atoms with Crippen molar-refractivity contribution in [1.82, 2.24) is 9.88 Å². The van der Waals surface area contributed by atoms with Gasteiger partial charge in [0.05, 0.1) is 5.56 Å². The Balaban J connectivity index is 1.85. The Morgan fingerprint density at radius 3 is 2.58 bits per heavy atom. The van der Waals surface area contributed by atoms with Gasteiger partial charge in [-0.25, -0.2) is 4.98 Å². The molecule has 1 N–H and O–H groups in total. The van der Waals surface area contributed by atoms with Crippen LogP contribution in [0.4, 0.5) is 5.82 Å². The molecule has 0 fully saturated rings. The Morgan fingerprint density at radius 1 is 1.21 bits per heavy atom. The number of amides is 1. The Kier molecular flexibility index (Phi) is 7.80. The maximum absolute atomic E-state index is 12.5. The molecule has 0 saturated carbocycles. The maximum atomic E-state index is 12.5. The first kappa shape index (κ1) is 18.5. The van der Waals surface area contributed by atoms with Crippen molar-refractivity contribution < 1.29 is 4.79 Å². The summed E-state index contributed by atoms with van der Waals surface area (Å²) >= 11 is 0. The van der Waals surface area contributed by atoms with E-state index >= 15 is 0 Å². The number of nitrogens with one attached hydrogen (secondary N) is 1. The molecule has 0 saturated heterocycles. The lowest BCUT2D eigenvalue weighted by molar-refractivity contribution is 0.0755. The summed E-state index contributed by atoms with van der Waals surface area (Å²) < 4.78 is 0. The van der Waals surface area contributed by atoms with Crippen LogP contribution in [-0.2, 0) is 0 Å². The van der Waals surface area contributed by atoms with E-state index in [9.17, 15) is 4.79 Å². The molecular weight excluding hydrogens is 298 g/mol. The molecule has 0 spiro atoms. The van der Waals surface area contributed by atoms with Gasteiger partial charge in [-0.3, -0.25) is 4.79 Å². The first-order valence-electron chi connectivity index (χ1n) is 9.41. The molecule has 0 unspecified atom stereocenters. The maximum Gasteiger partial charge on any atom is 0.255 e. The average Bonchev–Trinajstić information content (AvgIpc) is 2.62. The van der Waals surface area contributed by atoms with Crippen LogP contribution in [0.5, 0.6) is 0 Å². The van der Waals surface area contributed by atoms with E-state index in [1.165, 1.54) is 25.7 Å². The number of carbonyl (C=O) groups excluding carboxylic acids is 1. The number of carbonyl (C=O) groups is 1. The van der Waals surface area contributed by atoms with E-state index in [0.29, 0.717) is 5.56 Å². The Hall–Kier alpha value is -1.84. The third-order valence-electron chi connectivity index (χ3n) is 4.42. The summed E-state index contributed by atoms with van der Waals surface area (Å²) in [5.74, 6) is 0.936. The van der Waals surface area contributed by atoms with Gasteiger partial charge in [-0.15, -0.1) is 0 Å². The minimum absolute atomic E-state index is 0.0881. The standard InChI is InChI=1S/C20H31N3O/c1-3-14-23(15-4-2)20(24)18-10-11-19(22-16-18)21-13-12-17-8-6-5-7-9-17/h8,10-11,16H,3-7,9,12-15H2,1-2H3,(H,21,22). The van der Waals surface area contributed by atoms with Crippen LogP contribution >= 0.6 is 0 Å². The van der Waals surface area contributed by atoms with Crippen molar-refractivity contribution in [2.45, 2.75) is 58.8 Å². The van der Waals surface area contributed by atoms with Crippen molar-refractivity contribution in [2.24, 2.45) is 0 Å². The molecule has 24 heavy (non-hydrogen) atoms. The smallest absolute Gasteiger partial charge is 0.255 e. The molecule has 2 rings (SSSR count). The van der Waals surface area contributed by atoms with Crippen molar-refractivity contribution in [3.05, 3.63) is 35.5 Å². The van der Waals surface area contributed by atoms with Gasteiger partial charge in [0.2, 0.25) is 0 Å². The Labute approximate surface area is 146 Å². The van der Waals surface area contributed by atoms with Gasteiger partial charge < -0.3 is 10.2 Å². The zero-order valence-corrected chi connectivity index (χ0v) is 15.2. The molecule has 4 heteroatoms. The van der Waals surface area contributed by atoms with Crippen LogP contribution in [0.1, 0.15) is 69.2 Å². The molecule has 1 heterocycles. The molecule has 1 amide bonds. The molecule has 0 bridgehead atoms. The number of rotatable bonds is 9. The average molecular weight is 329 g/mol. The van der Waals surface area contributed by atoms with E-state index in [0.717, 1.165) is 44.7 Å². The SMILES string of the molecule is CCCN(CCC)C(=O)c1ccc(NCCC2=CCCCC2)nc1. The van der Waals surface area contributed by atoms with Crippen LogP contribution in [0.3, 0.4) is 0 Å². The molecule has 0 aromatic carbocycles. The van der Waals surface area contributed by atoms with Gasteiger partial charge in [0, 0.05) is 25.8 Å². The van der Waals surface area contributed by atoms with Gasteiger partial charge >= 0.3 is 0 Å². The van der Waals surface area contributed by atoms with Gasteiger partial charge in [0.1, 0.15) is 5.82 Å². The van der Waals surface area contributed by atoms with Crippen LogP contribution in [0, 0.1) is 0 Å². The lowest BCUT2D eigenvalue weighted by Crippen LogP contribution is -2.32. The van der Waals surface area contributed by atoms with Crippen molar-refractivity contribution in [1.29, 1.82) is 0 Å². The summed E-state index contributed by atoms with van der Waals surface area (Å²) in [6.45, 7) is 6.72.